The maximum absolute atomic E-state index is 4.66. The Hall–Kier alpha value is -1.84. The minimum Gasteiger partial charge on any atom is -0.367 e. The third-order valence-electron chi connectivity index (χ3n) is 3.83. The molecule has 1 saturated carbocycles. The van der Waals surface area contributed by atoms with Gasteiger partial charge < -0.3 is 10.6 Å². The second kappa shape index (κ2) is 5.65. The molecule has 1 aromatic carbocycles. The fourth-order valence-electron chi connectivity index (χ4n) is 2.43. The summed E-state index contributed by atoms with van der Waals surface area (Å²) >= 11 is 0. The number of rotatable bonds is 6. The Kier molecular flexibility index (Phi) is 3.72. The highest BCUT2D eigenvalue weighted by molar-refractivity contribution is 5.90. The Bertz CT molecular complexity index is 592. The maximum atomic E-state index is 4.66. The fraction of sp³-hybridized carbons (Fsp3) is 0.500. The average molecular weight is 270 g/mol. The van der Waals surface area contributed by atoms with E-state index in [4.69, 9.17) is 0 Å². The molecule has 0 amide bonds. The number of hydrogen-bond acceptors (Lipinski definition) is 4. The molecule has 0 radical (unpaired) electrons. The topological polar surface area (TPSA) is 49.8 Å². The Morgan fingerprint density at radius 3 is 2.80 bits per heavy atom. The van der Waals surface area contributed by atoms with Gasteiger partial charge in [-0.25, -0.2) is 4.98 Å². The van der Waals surface area contributed by atoms with E-state index in [1.807, 2.05) is 18.2 Å². The first kappa shape index (κ1) is 13.2. The third-order valence-corrected chi connectivity index (χ3v) is 3.83. The van der Waals surface area contributed by atoms with Crippen molar-refractivity contribution in [2.45, 2.75) is 39.2 Å². The number of fused-ring (bicyclic) bond motifs is 1. The zero-order valence-electron chi connectivity index (χ0n) is 12.2. The SMILES string of the molecule is CCCNc1nc(NC(C)C2CC2)c2ccccc2n1. The van der Waals surface area contributed by atoms with Crippen molar-refractivity contribution < 1.29 is 0 Å². The van der Waals surface area contributed by atoms with E-state index in [0.717, 1.165) is 41.6 Å². The predicted octanol–water partition coefficient (Wildman–Crippen LogP) is 3.66. The molecule has 0 aliphatic heterocycles. The highest BCUT2D eigenvalue weighted by atomic mass is 15.1. The van der Waals surface area contributed by atoms with Crippen LogP contribution in [0.5, 0.6) is 0 Å². The lowest BCUT2D eigenvalue weighted by Gasteiger charge is -2.16. The monoisotopic (exact) mass is 270 g/mol. The molecule has 3 rings (SSSR count). The van der Waals surface area contributed by atoms with E-state index >= 15 is 0 Å². The molecule has 0 saturated heterocycles. The molecule has 1 aliphatic rings. The quantitative estimate of drug-likeness (QED) is 0.841. The van der Waals surface area contributed by atoms with Crippen molar-refractivity contribution in [1.29, 1.82) is 0 Å². The minimum absolute atomic E-state index is 0.479. The standard InChI is InChI=1S/C16H22N4/c1-3-10-17-16-19-14-7-5-4-6-13(14)15(20-16)18-11(2)12-8-9-12/h4-7,11-12H,3,8-10H2,1-2H3,(H2,17,18,19,20). The van der Waals surface area contributed by atoms with Gasteiger partial charge in [0.2, 0.25) is 5.95 Å². The van der Waals surface area contributed by atoms with Gasteiger partial charge in [0.05, 0.1) is 5.52 Å². The van der Waals surface area contributed by atoms with Gasteiger partial charge in [0, 0.05) is 18.0 Å². The van der Waals surface area contributed by atoms with Crippen LogP contribution in [0.3, 0.4) is 0 Å². The molecular formula is C16H22N4. The lowest BCUT2D eigenvalue weighted by molar-refractivity contribution is 0.691. The number of nitrogens with one attached hydrogen (secondary N) is 2. The van der Waals surface area contributed by atoms with Gasteiger partial charge in [-0.2, -0.15) is 4.98 Å². The van der Waals surface area contributed by atoms with E-state index in [1.54, 1.807) is 0 Å². The zero-order valence-corrected chi connectivity index (χ0v) is 12.2. The van der Waals surface area contributed by atoms with Crippen LogP contribution in [0.1, 0.15) is 33.1 Å². The van der Waals surface area contributed by atoms with Gasteiger partial charge in [-0.3, -0.25) is 0 Å². The molecule has 1 unspecified atom stereocenters. The summed E-state index contributed by atoms with van der Waals surface area (Å²) in [4.78, 5) is 9.23. The van der Waals surface area contributed by atoms with E-state index in [0.29, 0.717) is 6.04 Å². The van der Waals surface area contributed by atoms with Crippen molar-refractivity contribution in [1.82, 2.24) is 9.97 Å². The van der Waals surface area contributed by atoms with Gasteiger partial charge in [0.1, 0.15) is 5.82 Å². The molecule has 2 N–H and O–H groups in total. The molecule has 0 spiro atoms. The Morgan fingerprint density at radius 2 is 2.05 bits per heavy atom. The second-order valence-electron chi connectivity index (χ2n) is 5.61. The Balaban J connectivity index is 1.93. The molecular weight excluding hydrogens is 248 g/mol. The van der Waals surface area contributed by atoms with Gasteiger partial charge >= 0.3 is 0 Å². The van der Waals surface area contributed by atoms with Crippen molar-refractivity contribution in [3.05, 3.63) is 24.3 Å². The molecule has 20 heavy (non-hydrogen) atoms. The average Bonchev–Trinajstić information content (AvgIpc) is 3.29. The molecule has 4 nitrogen and oxygen atoms in total. The summed E-state index contributed by atoms with van der Waals surface area (Å²) in [5.41, 5.74) is 0.992. The van der Waals surface area contributed by atoms with Gasteiger partial charge in [0.25, 0.3) is 0 Å². The van der Waals surface area contributed by atoms with E-state index in [-0.39, 0.29) is 0 Å². The van der Waals surface area contributed by atoms with E-state index in [1.165, 1.54) is 12.8 Å². The van der Waals surface area contributed by atoms with Crippen molar-refractivity contribution in [2.24, 2.45) is 5.92 Å². The summed E-state index contributed by atoms with van der Waals surface area (Å²) in [5, 5.41) is 7.95. The normalized spacial score (nSPS) is 16.1. The van der Waals surface area contributed by atoms with E-state index in [9.17, 15) is 0 Å². The number of anilines is 2. The summed E-state index contributed by atoms with van der Waals surface area (Å²) in [6.45, 7) is 5.28. The second-order valence-corrected chi connectivity index (χ2v) is 5.61. The lowest BCUT2D eigenvalue weighted by atomic mass is 10.2. The van der Waals surface area contributed by atoms with Crippen molar-refractivity contribution in [3.8, 4) is 0 Å². The molecule has 2 aromatic rings. The number of para-hydroxylation sites is 1. The van der Waals surface area contributed by atoms with E-state index < -0.39 is 0 Å². The van der Waals surface area contributed by atoms with Crippen LogP contribution in [-0.2, 0) is 0 Å². The maximum Gasteiger partial charge on any atom is 0.225 e. The van der Waals surface area contributed by atoms with Gasteiger partial charge in [0.15, 0.2) is 0 Å². The van der Waals surface area contributed by atoms with Crippen LogP contribution in [0.25, 0.3) is 10.9 Å². The molecule has 1 fully saturated rings. The highest BCUT2D eigenvalue weighted by Crippen LogP contribution is 2.34. The largest absolute Gasteiger partial charge is 0.367 e. The van der Waals surface area contributed by atoms with Crippen LogP contribution in [-0.4, -0.2) is 22.6 Å². The van der Waals surface area contributed by atoms with E-state index in [2.05, 4.69) is 40.5 Å². The summed E-state index contributed by atoms with van der Waals surface area (Å²) in [6.07, 6.45) is 3.73. The first-order valence-electron chi connectivity index (χ1n) is 7.55. The highest BCUT2D eigenvalue weighted by Gasteiger charge is 2.28. The van der Waals surface area contributed by atoms with Crippen LogP contribution < -0.4 is 10.6 Å². The molecule has 1 atom stereocenters. The fourth-order valence-corrected chi connectivity index (χ4v) is 2.43. The van der Waals surface area contributed by atoms with Crippen LogP contribution in [0, 0.1) is 5.92 Å². The number of hydrogen-bond donors (Lipinski definition) is 2. The van der Waals surface area contributed by atoms with Crippen molar-refractivity contribution >= 4 is 22.7 Å². The van der Waals surface area contributed by atoms with Gasteiger partial charge in [-0.1, -0.05) is 19.1 Å². The molecule has 0 bridgehead atoms. The zero-order chi connectivity index (χ0) is 13.9. The first-order chi connectivity index (χ1) is 9.78. The first-order valence-corrected chi connectivity index (χ1v) is 7.55. The minimum atomic E-state index is 0.479. The molecule has 106 valence electrons. The summed E-state index contributed by atoms with van der Waals surface area (Å²) in [6, 6.07) is 8.67. The third kappa shape index (κ3) is 2.84. The number of benzene rings is 1. The molecule has 4 heteroatoms. The van der Waals surface area contributed by atoms with Gasteiger partial charge in [-0.05, 0) is 44.2 Å². The summed E-state index contributed by atoms with van der Waals surface area (Å²) in [7, 11) is 0. The van der Waals surface area contributed by atoms with Crippen molar-refractivity contribution in [3.63, 3.8) is 0 Å². The molecule has 1 heterocycles. The van der Waals surface area contributed by atoms with Crippen LogP contribution >= 0.6 is 0 Å². The van der Waals surface area contributed by atoms with Crippen LogP contribution in [0.4, 0.5) is 11.8 Å². The molecule has 1 aliphatic carbocycles. The van der Waals surface area contributed by atoms with Gasteiger partial charge in [-0.15, -0.1) is 0 Å². The van der Waals surface area contributed by atoms with Crippen LogP contribution in [0.2, 0.25) is 0 Å². The summed E-state index contributed by atoms with van der Waals surface area (Å²) < 4.78 is 0. The van der Waals surface area contributed by atoms with Crippen LogP contribution in [0.15, 0.2) is 24.3 Å². The number of aromatic nitrogens is 2. The number of nitrogens with zero attached hydrogens (tertiary/aromatic N) is 2. The Labute approximate surface area is 120 Å². The lowest BCUT2D eigenvalue weighted by Crippen LogP contribution is -2.19. The summed E-state index contributed by atoms with van der Waals surface area (Å²) in [5.74, 6) is 2.47. The predicted molar refractivity (Wildman–Crippen MR) is 84.1 cm³/mol. The smallest absolute Gasteiger partial charge is 0.225 e. The van der Waals surface area contributed by atoms with Crippen molar-refractivity contribution in [2.75, 3.05) is 17.2 Å². The Morgan fingerprint density at radius 1 is 1.25 bits per heavy atom. The molecule has 1 aromatic heterocycles.